The Kier molecular flexibility index (Phi) is 7.51. The zero-order valence-electron chi connectivity index (χ0n) is 7.98. The standard InChI is InChI=1S/C9H18ClNO/c1-3-5-7-11(4-2)8-6-9(10)12/h3-8H2,1-2H3. The average Bonchev–Trinajstić information content (AvgIpc) is 2.05. The summed E-state index contributed by atoms with van der Waals surface area (Å²) in [6.07, 6.45) is 2.87. The smallest absolute Gasteiger partial charge is 0.222 e. The summed E-state index contributed by atoms with van der Waals surface area (Å²) >= 11 is 5.25. The van der Waals surface area contributed by atoms with Crippen molar-refractivity contribution in [3.63, 3.8) is 0 Å². The van der Waals surface area contributed by atoms with Crippen LogP contribution in [0.5, 0.6) is 0 Å². The van der Waals surface area contributed by atoms with Crippen LogP contribution < -0.4 is 0 Å². The molecule has 0 fully saturated rings. The molecule has 0 rings (SSSR count). The number of unbranched alkanes of at least 4 members (excludes halogenated alkanes) is 1. The highest BCUT2D eigenvalue weighted by Crippen LogP contribution is 1.98. The Morgan fingerprint density at radius 2 is 2.00 bits per heavy atom. The van der Waals surface area contributed by atoms with Crippen molar-refractivity contribution in [3.8, 4) is 0 Å². The fraction of sp³-hybridized carbons (Fsp3) is 0.889. The van der Waals surface area contributed by atoms with Gasteiger partial charge < -0.3 is 4.90 Å². The minimum absolute atomic E-state index is 0.232. The molecule has 0 heterocycles. The van der Waals surface area contributed by atoms with E-state index in [1.807, 2.05) is 0 Å². The van der Waals surface area contributed by atoms with Gasteiger partial charge in [0.25, 0.3) is 0 Å². The minimum atomic E-state index is -0.232. The number of hydrogen-bond donors (Lipinski definition) is 0. The van der Waals surface area contributed by atoms with Crippen LogP contribution in [0, 0.1) is 0 Å². The molecular formula is C9H18ClNO. The number of carbonyl (C=O) groups is 1. The molecule has 2 nitrogen and oxygen atoms in total. The third kappa shape index (κ3) is 6.62. The van der Waals surface area contributed by atoms with Gasteiger partial charge in [0.2, 0.25) is 5.24 Å². The molecular weight excluding hydrogens is 174 g/mol. The molecule has 12 heavy (non-hydrogen) atoms. The Morgan fingerprint density at radius 3 is 2.42 bits per heavy atom. The predicted octanol–water partition coefficient (Wildman–Crippen LogP) is 2.26. The van der Waals surface area contributed by atoms with Crippen LogP contribution >= 0.6 is 11.6 Å². The van der Waals surface area contributed by atoms with Crippen LogP contribution in [0.25, 0.3) is 0 Å². The number of rotatable bonds is 7. The topological polar surface area (TPSA) is 20.3 Å². The lowest BCUT2D eigenvalue weighted by Crippen LogP contribution is -2.26. The normalized spacial score (nSPS) is 10.7. The van der Waals surface area contributed by atoms with Crippen LogP contribution in [0.4, 0.5) is 0 Å². The van der Waals surface area contributed by atoms with Crippen LogP contribution in [0.15, 0.2) is 0 Å². The Bertz CT molecular complexity index is 128. The van der Waals surface area contributed by atoms with E-state index in [-0.39, 0.29) is 5.24 Å². The highest BCUT2D eigenvalue weighted by molar-refractivity contribution is 6.63. The second-order valence-corrected chi connectivity index (χ2v) is 3.31. The van der Waals surface area contributed by atoms with Crippen molar-refractivity contribution in [2.24, 2.45) is 0 Å². The maximum atomic E-state index is 10.5. The molecule has 0 aromatic heterocycles. The summed E-state index contributed by atoms with van der Waals surface area (Å²) in [7, 11) is 0. The highest BCUT2D eigenvalue weighted by atomic mass is 35.5. The first kappa shape index (κ1) is 11.9. The van der Waals surface area contributed by atoms with Gasteiger partial charge in [0.1, 0.15) is 0 Å². The minimum Gasteiger partial charge on any atom is -0.303 e. The summed E-state index contributed by atoms with van der Waals surface area (Å²) in [4.78, 5) is 12.7. The van der Waals surface area contributed by atoms with Crippen molar-refractivity contribution in [3.05, 3.63) is 0 Å². The largest absolute Gasteiger partial charge is 0.303 e. The summed E-state index contributed by atoms with van der Waals surface area (Å²) in [5, 5.41) is -0.232. The van der Waals surface area contributed by atoms with Crippen LogP contribution in [0.2, 0.25) is 0 Å². The van der Waals surface area contributed by atoms with Gasteiger partial charge in [-0.25, -0.2) is 0 Å². The van der Waals surface area contributed by atoms with Gasteiger partial charge >= 0.3 is 0 Å². The molecule has 0 saturated carbocycles. The second kappa shape index (κ2) is 7.56. The molecule has 0 radical (unpaired) electrons. The van der Waals surface area contributed by atoms with Gasteiger partial charge in [0.15, 0.2) is 0 Å². The third-order valence-corrected chi connectivity index (χ3v) is 2.09. The Hall–Kier alpha value is -0.0800. The van der Waals surface area contributed by atoms with Crippen LogP contribution in [0.3, 0.4) is 0 Å². The van der Waals surface area contributed by atoms with Crippen molar-refractivity contribution in [1.82, 2.24) is 4.90 Å². The SMILES string of the molecule is CCCCN(CC)CCC(=O)Cl. The van der Waals surface area contributed by atoms with Crippen molar-refractivity contribution >= 4 is 16.8 Å². The summed E-state index contributed by atoms with van der Waals surface area (Å²) in [6.45, 7) is 7.16. The van der Waals surface area contributed by atoms with Gasteiger partial charge in [-0.05, 0) is 31.1 Å². The first-order chi connectivity index (χ1) is 5.70. The molecule has 0 aromatic rings. The third-order valence-electron chi connectivity index (χ3n) is 1.90. The molecule has 0 spiro atoms. The molecule has 0 aromatic carbocycles. The van der Waals surface area contributed by atoms with Gasteiger partial charge in [-0.1, -0.05) is 20.3 Å². The van der Waals surface area contributed by atoms with Gasteiger partial charge in [-0.15, -0.1) is 0 Å². The Morgan fingerprint density at radius 1 is 1.33 bits per heavy atom. The predicted molar refractivity (Wildman–Crippen MR) is 52.5 cm³/mol. The lowest BCUT2D eigenvalue weighted by Gasteiger charge is -2.18. The van der Waals surface area contributed by atoms with Crippen molar-refractivity contribution < 1.29 is 4.79 Å². The van der Waals surface area contributed by atoms with E-state index in [4.69, 9.17) is 11.6 Å². The number of nitrogens with zero attached hydrogens (tertiary/aromatic N) is 1. The lowest BCUT2D eigenvalue weighted by atomic mass is 10.3. The van der Waals surface area contributed by atoms with E-state index >= 15 is 0 Å². The van der Waals surface area contributed by atoms with Gasteiger partial charge in [0, 0.05) is 13.0 Å². The van der Waals surface area contributed by atoms with E-state index in [1.165, 1.54) is 12.8 Å². The van der Waals surface area contributed by atoms with Crippen LogP contribution in [-0.2, 0) is 4.79 Å². The highest BCUT2D eigenvalue weighted by Gasteiger charge is 2.03. The zero-order chi connectivity index (χ0) is 9.40. The second-order valence-electron chi connectivity index (χ2n) is 2.89. The van der Waals surface area contributed by atoms with Gasteiger partial charge in [0.05, 0.1) is 0 Å². The summed E-state index contributed by atoms with van der Waals surface area (Å²) in [5.74, 6) is 0. The first-order valence-corrected chi connectivity index (χ1v) is 4.99. The van der Waals surface area contributed by atoms with E-state index in [9.17, 15) is 4.79 Å². The van der Waals surface area contributed by atoms with E-state index < -0.39 is 0 Å². The van der Waals surface area contributed by atoms with Crippen molar-refractivity contribution in [2.45, 2.75) is 33.1 Å². The molecule has 0 unspecified atom stereocenters. The zero-order valence-corrected chi connectivity index (χ0v) is 8.73. The summed E-state index contributed by atoms with van der Waals surface area (Å²) in [5.41, 5.74) is 0. The van der Waals surface area contributed by atoms with E-state index in [1.54, 1.807) is 0 Å². The fourth-order valence-electron chi connectivity index (χ4n) is 1.06. The average molecular weight is 192 g/mol. The number of hydrogen-bond acceptors (Lipinski definition) is 2. The molecule has 3 heteroatoms. The molecule has 0 aliphatic rings. The van der Waals surface area contributed by atoms with Crippen molar-refractivity contribution in [1.29, 1.82) is 0 Å². The van der Waals surface area contributed by atoms with E-state index in [0.717, 1.165) is 19.6 Å². The summed E-state index contributed by atoms with van der Waals surface area (Å²) < 4.78 is 0. The molecule has 0 saturated heterocycles. The number of halogens is 1. The molecule has 72 valence electrons. The van der Waals surface area contributed by atoms with Gasteiger partial charge in [-0.2, -0.15) is 0 Å². The maximum Gasteiger partial charge on any atom is 0.222 e. The first-order valence-electron chi connectivity index (χ1n) is 4.61. The molecule has 0 aliphatic heterocycles. The van der Waals surface area contributed by atoms with E-state index in [0.29, 0.717) is 6.42 Å². The number of carbonyl (C=O) groups excluding carboxylic acids is 1. The molecule has 0 aliphatic carbocycles. The lowest BCUT2D eigenvalue weighted by molar-refractivity contribution is -0.112. The van der Waals surface area contributed by atoms with Crippen LogP contribution in [-0.4, -0.2) is 29.8 Å². The maximum absolute atomic E-state index is 10.5. The van der Waals surface area contributed by atoms with Gasteiger partial charge in [-0.3, -0.25) is 4.79 Å². The Labute approximate surface area is 79.9 Å². The molecule has 0 N–H and O–H groups in total. The van der Waals surface area contributed by atoms with Crippen molar-refractivity contribution in [2.75, 3.05) is 19.6 Å². The Balaban J connectivity index is 3.45. The van der Waals surface area contributed by atoms with Crippen LogP contribution in [0.1, 0.15) is 33.1 Å². The van der Waals surface area contributed by atoms with E-state index in [2.05, 4.69) is 18.7 Å². The molecule has 0 bridgehead atoms. The fourth-order valence-corrected chi connectivity index (χ4v) is 1.14. The molecule has 0 amide bonds. The quantitative estimate of drug-likeness (QED) is 0.576. The molecule has 0 atom stereocenters. The monoisotopic (exact) mass is 191 g/mol. The summed E-state index contributed by atoms with van der Waals surface area (Å²) in [6, 6.07) is 0.